The molecule has 0 aromatic heterocycles. The minimum Gasteiger partial charge on any atom is -0.377 e. The van der Waals surface area contributed by atoms with E-state index >= 15 is 0 Å². The fourth-order valence-corrected chi connectivity index (χ4v) is 3.06. The van der Waals surface area contributed by atoms with Gasteiger partial charge in [0.15, 0.2) is 0 Å². The summed E-state index contributed by atoms with van der Waals surface area (Å²) < 4.78 is 0. The molecule has 0 bridgehead atoms. The van der Waals surface area contributed by atoms with Crippen molar-refractivity contribution in [3.8, 4) is 0 Å². The van der Waals surface area contributed by atoms with Crippen LogP contribution in [-0.2, 0) is 0 Å². The number of nitro groups is 1. The number of nitro benzene ring substituents is 1. The van der Waals surface area contributed by atoms with E-state index < -0.39 is 0 Å². The molecule has 0 spiro atoms. The summed E-state index contributed by atoms with van der Waals surface area (Å²) in [6.07, 6.45) is 1.88. The molecule has 0 unspecified atom stereocenters. The van der Waals surface area contributed by atoms with E-state index in [2.05, 4.69) is 5.32 Å². The SMILES string of the molecule is O=[N+]([O-])c1ccccc1NC1CC(c2ccccc2Cl)C1. The van der Waals surface area contributed by atoms with Crippen LogP contribution in [0.1, 0.15) is 24.3 Å². The van der Waals surface area contributed by atoms with Gasteiger partial charge in [0.1, 0.15) is 5.69 Å². The van der Waals surface area contributed by atoms with Gasteiger partial charge in [0.2, 0.25) is 0 Å². The van der Waals surface area contributed by atoms with Crippen molar-refractivity contribution in [2.24, 2.45) is 0 Å². The molecular formula is C16H15ClN2O2. The number of benzene rings is 2. The van der Waals surface area contributed by atoms with E-state index in [-0.39, 0.29) is 16.7 Å². The molecule has 0 aliphatic heterocycles. The number of rotatable bonds is 4. The summed E-state index contributed by atoms with van der Waals surface area (Å²) in [6, 6.07) is 14.9. The smallest absolute Gasteiger partial charge is 0.292 e. The van der Waals surface area contributed by atoms with Crippen LogP contribution in [0, 0.1) is 10.1 Å². The van der Waals surface area contributed by atoms with Crippen LogP contribution in [-0.4, -0.2) is 11.0 Å². The average molecular weight is 303 g/mol. The lowest BCUT2D eigenvalue weighted by Crippen LogP contribution is -2.34. The number of nitrogens with one attached hydrogen (secondary N) is 1. The van der Waals surface area contributed by atoms with Gasteiger partial charge in [-0.05, 0) is 36.5 Å². The third kappa shape index (κ3) is 2.85. The minimum absolute atomic E-state index is 0.124. The Labute approximate surface area is 127 Å². The van der Waals surface area contributed by atoms with Gasteiger partial charge in [-0.1, -0.05) is 41.9 Å². The van der Waals surface area contributed by atoms with E-state index in [9.17, 15) is 10.1 Å². The van der Waals surface area contributed by atoms with Gasteiger partial charge in [-0.15, -0.1) is 0 Å². The fraction of sp³-hybridized carbons (Fsp3) is 0.250. The highest BCUT2D eigenvalue weighted by atomic mass is 35.5. The second kappa shape index (κ2) is 5.74. The predicted octanol–water partition coefficient (Wildman–Crippen LogP) is 4.61. The van der Waals surface area contributed by atoms with Crippen LogP contribution in [0.25, 0.3) is 0 Å². The fourth-order valence-electron chi connectivity index (χ4n) is 2.77. The molecule has 1 fully saturated rings. The molecule has 5 heteroatoms. The van der Waals surface area contributed by atoms with Gasteiger partial charge in [0.05, 0.1) is 4.92 Å². The Bertz CT molecular complexity index is 669. The summed E-state index contributed by atoms with van der Waals surface area (Å²) in [5, 5.41) is 15.0. The molecule has 1 N–H and O–H groups in total. The molecular weight excluding hydrogens is 288 g/mol. The molecule has 0 saturated heterocycles. The monoisotopic (exact) mass is 302 g/mol. The second-order valence-electron chi connectivity index (χ2n) is 5.31. The van der Waals surface area contributed by atoms with Crippen LogP contribution in [0.15, 0.2) is 48.5 Å². The number of nitrogens with zero attached hydrogens (tertiary/aromatic N) is 1. The third-order valence-corrected chi connectivity index (χ3v) is 4.29. The number of anilines is 1. The first-order valence-corrected chi connectivity index (χ1v) is 7.27. The lowest BCUT2D eigenvalue weighted by Gasteiger charge is -2.37. The summed E-state index contributed by atoms with van der Waals surface area (Å²) in [6.45, 7) is 0. The zero-order chi connectivity index (χ0) is 14.8. The summed E-state index contributed by atoms with van der Waals surface area (Å²) in [7, 11) is 0. The maximum absolute atomic E-state index is 11.0. The van der Waals surface area contributed by atoms with Crippen molar-refractivity contribution in [2.45, 2.75) is 24.8 Å². The van der Waals surface area contributed by atoms with Crippen LogP contribution in [0.3, 0.4) is 0 Å². The van der Waals surface area contributed by atoms with Crippen molar-refractivity contribution >= 4 is 23.0 Å². The van der Waals surface area contributed by atoms with E-state index in [1.165, 1.54) is 11.6 Å². The van der Waals surface area contributed by atoms with Crippen molar-refractivity contribution in [1.29, 1.82) is 0 Å². The first kappa shape index (κ1) is 13.9. The maximum Gasteiger partial charge on any atom is 0.292 e. The highest BCUT2D eigenvalue weighted by Crippen LogP contribution is 2.41. The quantitative estimate of drug-likeness (QED) is 0.663. The molecule has 1 saturated carbocycles. The Balaban J connectivity index is 1.66. The molecule has 0 amide bonds. The topological polar surface area (TPSA) is 55.2 Å². The Morgan fingerprint density at radius 1 is 1.10 bits per heavy atom. The van der Waals surface area contributed by atoms with Gasteiger partial charge >= 0.3 is 0 Å². The summed E-state index contributed by atoms with van der Waals surface area (Å²) in [5.74, 6) is 0.430. The largest absolute Gasteiger partial charge is 0.377 e. The van der Waals surface area contributed by atoms with Gasteiger partial charge < -0.3 is 5.32 Å². The number of para-hydroxylation sites is 2. The molecule has 2 aromatic carbocycles. The van der Waals surface area contributed by atoms with E-state index in [0.29, 0.717) is 11.6 Å². The Hall–Kier alpha value is -2.07. The lowest BCUT2D eigenvalue weighted by atomic mass is 9.75. The highest BCUT2D eigenvalue weighted by molar-refractivity contribution is 6.31. The van der Waals surface area contributed by atoms with Crippen LogP contribution in [0.4, 0.5) is 11.4 Å². The average Bonchev–Trinajstić information content (AvgIpc) is 2.44. The molecule has 4 nitrogen and oxygen atoms in total. The van der Waals surface area contributed by atoms with Crippen molar-refractivity contribution in [3.63, 3.8) is 0 Å². The second-order valence-corrected chi connectivity index (χ2v) is 5.71. The summed E-state index contributed by atoms with van der Waals surface area (Å²) >= 11 is 6.20. The van der Waals surface area contributed by atoms with Crippen molar-refractivity contribution in [2.75, 3.05) is 5.32 Å². The number of hydrogen-bond acceptors (Lipinski definition) is 3. The first-order chi connectivity index (χ1) is 10.1. The molecule has 0 radical (unpaired) electrons. The van der Waals surface area contributed by atoms with Gasteiger partial charge in [-0.25, -0.2) is 0 Å². The third-order valence-electron chi connectivity index (χ3n) is 3.94. The number of hydrogen-bond donors (Lipinski definition) is 1. The van der Waals surface area contributed by atoms with E-state index in [4.69, 9.17) is 11.6 Å². The van der Waals surface area contributed by atoms with Gasteiger partial charge in [0.25, 0.3) is 5.69 Å². The van der Waals surface area contributed by atoms with Crippen LogP contribution in [0.5, 0.6) is 0 Å². The minimum atomic E-state index is -0.355. The Morgan fingerprint density at radius 2 is 1.76 bits per heavy atom. The number of halogens is 1. The molecule has 0 heterocycles. The van der Waals surface area contributed by atoms with Crippen LogP contribution < -0.4 is 5.32 Å². The van der Waals surface area contributed by atoms with E-state index in [1.807, 2.05) is 24.3 Å². The standard InChI is InChI=1S/C16H15ClN2O2/c17-14-6-2-1-5-13(14)11-9-12(10-11)18-15-7-3-4-8-16(15)19(20)21/h1-8,11-12,18H,9-10H2. The molecule has 108 valence electrons. The molecule has 1 aliphatic rings. The summed E-state index contributed by atoms with van der Waals surface area (Å²) in [4.78, 5) is 10.6. The normalized spacial score (nSPS) is 20.6. The maximum atomic E-state index is 11.0. The first-order valence-electron chi connectivity index (χ1n) is 6.89. The molecule has 21 heavy (non-hydrogen) atoms. The Morgan fingerprint density at radius 3 is 2.48 bits per heavy atom. The van der Waals surface area contributed by atoms with Gasteiger partial charge in [0, 0.05) is 17.1 Å². The molecule has 3 rings (SSSR count). The van der Waals surface area contributed by atoms with E-state index in [0.717, 1.165) is 17.9 Å². The lowest BCUT2D eigenvalue weighted by molar-refractivity contribution is -0.384. The zero-order valence-corrected chi connectivity index (χ0v) is 12.1. The molecule has 2 aromatic rings. The molecule has 0 atom stereocenters. The zero-order valence-electron chi connectivity index (χ0n) is 11.3. The molecule has 1 aliphatic carbocycles. The van der Waals surface area contributed by atoms with Crippen LogP contribution >= 0.6 is 11.6 Å². The highest BCUT2D eigenvalue weighted by Gasteiger charge is 2.32. The van der Waals surface area contributed by atoms with Gasteiger partial charge in [-0.2, -0.15) is 0 Å². The van der Waals surface area contributed by atoms with E-state index in [1.54, 1.807) is 18.2 Å². The summed E-state index contributed by atoms with van der Waals surface area (Å²) in [5.41, 5.74) is 1.88. The van der Waals surface area contributed by atoms with Crippen molar-refractivity contribution in [1.82, 2.24) is 0 Å². The van der Waals surface area contributed by atoms with Crippen molar-refractivity contribution < 1.29 is 4.92 Å². The Kier molecular flexibility index (Phi) is 3.80. The van der Waals surface area contributed by atoms with Crippen molar-refractivity contribution in [3.05, 3.63) is 69.2 Å². The van der Waals surface area contributed by atoms with Gasteiger partial charge in [-0.3, -0.25) is 10.1 Å². The predicted molar refractivity (Wildman–Crippen MR) is 83.9 cm³/mol. The van der Waals surface area contributed by atoms with Crippen LogP contribution in [0.2, 0.25) is 5.02 Å².